The molecule has 8 nitrogen and oxygen atoms in total. The van der Waals surface area contributed by atoms with E-state index in [1.54, 1.807) is 6.92 Å². The Kier molecular flexibility index (Phi) is 11.4. The number of urea groups is 1. The van der Waals surface area contributed by atoms with E-state index in [2.05, 4.69) is 71.7 Å². The minimum atomic E-state index is -0.354. The largest absolute Gasteiger partial charge is 0.356 e. The lowest BCUT2D eigenvalue weighted by Crippen LogP contribution is -2.75. The maximum absolute atomic E-state index is 12.9. The second-order valence-corrected chi connectivity index (χ2v) is 12.3. The Hall–Kier alpha value is -2.16. The molecule has 6 N–H and O–H groups in total. The number of rotatable bonds is 7. The monoisotopic (exact) mass is 528 g/mol. The molecule has 1 saturated carbocycles. The third-order valence-corrected chi connectivity index (χ3v) is 8.33. The van der Waals surface area contributed by atoms with Crippen molar-refractivity contribution in [1.82, 2.24) is 26.6 Å². The Morgan fingerprint density at radius 2 is 1.53 bits per heavy atom. The quantitative estimate of drug-likeness (QED) is 0.282. The highest BCUT2D eigenvalue weighted by molar-refractivity contribution is 5.89. The van der Waals surface area contributed by atoms with Crippen LogP contribution in [0.1, 0.15) is 104 Å². The Bertz CT molecular complexity index is 872. The molecule has 1 aliphatic heterocycles. The molecule has 3 atom stereocenters. The Morgan fingerprint density at radius 3 is 2.11 bits per heavy atom. The lowest BCUT2D eigenvalue weighted by molar-refractivity contribution is -0.118. The van der Waals surface area contributed by atoms with Gasteiger partial charge in [-0.15, -0.1) is 0 Å². The number of nitrogens with one attached hydrogen (secondary N) is 6. The smallest absolute Gasteiger partial charge is 0.321 e. The molecule has 1 heterocycles. The van der Waals surface area contributed by atoms with E-state index >= 15 is 0 Å². The Balaban J connectivity index is 1.66. The molecule has 1 aromatic rings. The van der Waals surface area contributed by atoms with Gasteiger partial charge in [0, 0.05) is 30.6 Å². The molecule has 0 radical (unpaired) electrons. The average molecular weight is 529 g/mol. The van der Waals surface area contributed by atoms with Crippen molar-refractivity contribution in [1.29, 1.82) is 0 Å². The van der Waals surface area contributed by atoms with Crippen molar-refractivity contribution in [3.8, 4) is 0 Å². The van der Waals surface area contributed by atoms with Crippen LogP contribution in [0.3, 0.4) is 0 Å². The Morgan fingerprint density at radius 1 is 0.921 bits per heavy atom. The molecule has 0 bridgehead atoms. The van der Waals surface area contributed by atoms with Gasteiger partial charge >= 0.3 is 6.03 Å². The lowest BCUT2D eigenvalue weighted by Gasteiger charge is -2.53. The first kappa shape index (κ1) is 30.4. The molecule has 3 rings (SSSR count). The van der Waals surface area contributed by atoms with Crippen LogP contribution in [0.4, 0.5) is 10.5 Å². The van der Waals surface area contributed by atoms with Gasteiger partial charge in [-0.1, -0.05) is 77.8 Å². The number of benzene rings is 1. The first-order chi connectivity index (χ1) is 18.1. The molecule has 2 aliphatic rings. The number of carbonyl (C=O) groups excluding carboxylic acids is 2. The number of hydrogen-bond donors (Lipinski definition) is 6. The maximum atomic E-state index is 12.9. The van der Waals surface area contributed by atoms with Gasteiger partial charge in [-0.25, -0.2) is 4.79 Å². The minimum Gasteiger partial charge on any atom is -0.356 e. The topological polar surface area (TPSA) is 106 Å². The highest BCUT2D eigenvalue weighted by Crippen LogP contribution is 2.40. The van der Waals surface area contributed by atoms with Crippen LogP contribution in [-0.2, 0) is 10.2 Å². The highest BCUT2D eigenvalue weighted by Gasteiger charge is 2.47. The molecule has 3 unspecified atom stereocenters. The van der Waals surface area contributed by atoms with Crippen molar-refractivity contribution in [2.24, 2.45) is 5.41 Å². The van der Waals surface area contributed by atoms with Gasteiger partial charge < -0.3 is 21.3 Å². The van der Waals surface area contributed by atoms with Gasteiger partial charge in [0.25, 0.3) is 0 Å². The third-order valence-electron chi connectivity index (χ3n) is 8.33. The fourth-order valence-electron chi connectivity index (χ4n) is 5.98. The number of amides is 3. The molecule has 2 fully saturated rings. The van der Waals surface area contributed by atoms with Crippen molar-refractivity contribution in [2.45, 2.75) is 123 Å². The van der Waals surface area contributed by atoms with E-state index in [9.17, 15) is 9.59 Å². The SMILES string of the molecule is CC(=O)NCCCNC1NC(NC(=O)Nc2ccc(C(C)(C)C)cc2)NC(C)C12CCCCCCCCC2. The molecule has 8 heteroatoms. The van der Waals surface area contributed by atoms with E-state index in [1.165, 1.54) is 50.5 Å². The van der Waals surface area contributed by atoms with Gasteiger partial charge in [0.1, 0.15) is 6.29 Å². The molecule has 38 heavy (non-hydrogen) atoms. The fourth-order valence-corrected chi connectivity index (χ4v) is 5.98. The van der Waals surface area contributed by atoms with Crippen LogP contribution < -0.4 is 31.9 Å². The minimum absolute atomic E-state index is 0.00531. The van der Waals surface area contributed by atoms with Crippen LogP contribution >= 0.6 is 0 Å². The number of carbonyl (C=O) groups is 2. The van der Waals surface area contributed by atoms with Crippen LogP contribution in [0.5, 0.6) is 0 Å². The zero-order valence-electron chi connectivity index (χ0n) is 24.3. The Labute approximate surface area is 230 Å². The number of anilines is 1. The highest BCUT2D eigenvalue weighted by atomic mass is 16.2. The zero-order valence-corrected chi connectivity index (χ0v) is 24.3. The van der Waals surface area contributed by atoms with Crippen LogP contribution in [0.15, 0.2) is 24.3 Å². The summed E-state index contributed by atoms with van der Waals surface area (Å²) in [4.78, 5) is 24.2. The number of hydrogen-bond acceptors (Lipinski definition) is 5. The van der Waals surface area contributed by atoms with Crippen molar-refractivity contribution in [3.05, 3.63) is 29.8 Å². The molecule has 0 aromatic heterocycles. The zero-order chi connectivity index (χ0) is 27.6. The predicted octanol–water partition coefficient (Wildman–Crippen LogP) is 4.92. The molecule has 1 saturated heterocycles. The summed E-state index contributed by atoms with van der Waals surface area (Å²) in [5.74, 6) is 0.00531. The summed E-state index contributed by atoms with van der Waals surface area (Å²) >= 11 is 0. The first-order valence-electron chi connectivity index (χ1n) is 14.8. The first-order valence-corrected chi connectivity index (χ1v) is 14.8. The van der Waals surface area contributed by atoms with Gasteiger partial charge in [0.05, 0.1) is 6.17 Å². The van der Waals surface area contributed by atoms with Crippen molar-refractivity contribution < 1.29 is 9.59 Å². The normalized spacial score (nSPS) is 24.4. The second-order valence-electron chi connectivity index (χ2n) is 12.3. The summed E-state index contributed by atoms with van der Waals surface area (Å²) < 4.78 is 0. The predicted molar refractivity (Wildman–Crippen MR) is 156 cm³/mol. The average Bonchev–Trinajstić information content (AvgIpc) is 2.85. The van der Waals surface area contributed by atoms with E-state index in [0.717, 1.165) is 31.5 Å². The van der Waals surface area contributed by atoms with Gasteiger partial charge in [-0.3, -0.25) is 15.4 Å². The van der Waals surface area contributed by atoms with Gasteiger partial charge in [-0.2, -0.15) is 0 Å². The molecular formula is C30H52N6O2. The standard InChI is InChI=1S/C30H52N6O2/c1-22-30(18-11-9-7-6-8-10-12-19-30)26(32-21-13-20-31-23(2)37)35-27(33-22)36-28(38)34-25-16-14-24(15-17-25)29(3,4)5/h14-17,22,26-27,32-33,35H,6-13,18-21H2,1-5H3,(H,31,37)(H2,34,36,38). The third kappa shape index (κ3) is 8.95. The van der Waals surface area contributed by atoms with E-state index in [0.29, 0.717) is 6.54 Å². The lowest BCUT2D eigenvalue weighted by atomic mass is 9.68. The van der Waals surface area contributed by atoms with Crippen LogP contribution in [0, 0.1) is 5.41 Å². The summed E-state index contributed by atoms with van der Waals surface area (Å²) in [5, 5.41) is 20.1. The van der Waals surface area contributed by atoms with E-state index in [1.807, 2.05) is 12.1 Å². The molecule has 214 valence electrons. The summed E-state index contributed by atoms with van der Waals surface area (Å²) in [6, 6.07) is 8.04. The summed E-state index contributed by atoms with van der Waals surface area (Å²) in [6.07, 6.45) is 11.9. The van der Waals surface area contributed by atoms with E-state index in [4.69, 9.17) is 0 Å². The van der Waals surface area contributed by atoms with Crippen LogP contribution in [0.25, 0.3) is 0 Å². The van der Waals surface area contributed by atoms with Crippen LogP contribution in [-0.4, -0.2) is 43.5 Å². The molecule has 1 spiro atoms. The van der Waals surface area contributed by atoms with Gasteiger partial charge in [0.15, 0.2) is 0 Å². The maximum Gasteiger partial charge on any atom is 0.321 e. The van der Waals surface area contributed by atoms with Gasteiger partial charge in [0.2, 0.25) is 5.91 Å². The van der Waals surface area contributed by atoms with Crippen molar-refractivity contribution >= 4 is 17.6 Å². The van der Waals surface area contributed by atoms with E-state index < -0.39 is 0 Å². The molecule has 1 aromatic carbocycles. The van der Waals surface area contributed by atoms with Crippen LogP contribution in [0.2, 0.25) is 0 Å². The fraction of sp³-hybridized carbons (Fsp3) is 0.733. The molecular weight excluding hydrogens is 476 g/mol. The summed E-state index contributed by atoms with van der Waals surface area (Å²) in [6.45, 7) is 11.8. The summed E-state index contributed by atoms with van der Waals surface area (Å²) in [5.41, 5.74) is 2.14. The van der Waals surface area contributed by atoms with E-state index in [-0.39, 0.29) is 41.3 Å². The molecule has 3 amide bonds. The second kappa shape index (κ2) is 14.3. The van der Waals surface area contributed by atoms with Crippen molar-refractivity contribution in [2.75, 3.05) is 18.4 Å². The summed E-state index contributed by atoms with van der Waals surface area (Å²) in [7, 11) is 0. The molecule has 1 aliphatic carbocycles. The van der Waals surface area contributed by atoms with Crippen molar-refractivity contribution in [3.63, 3.8) is 0 Å². The van der Waals surface area contributed by atoms with Gasteiger partial charge in [-0.05, 0) is 55.8 Å².